The predicted octanol–water partition coefficient (Wildman–Crippen LogP) is 6.31. The molecule has 0 fully saturated rings. The highest BCUT2D eigenvalue weighted by atomic mass is 32.2. The molecule has 0 aliphatic carbocycles. The molecule has 0 N–H and O–H groups in total. The summed E-state index contributed by atoms with van der Waals surface area (Å²) in [5.74, 6) is 0. The lowest BCUT2D eigenvalue weighted by molar-refractivity contribution is 1.30. The SMILES string of the molecule is Cc1ccc2c(c1)Sc1ccccc1-c1sc(-c3ccncc3)nc1-2. The Morgan fingerprint density at radius 2 is 1.68 bits per heavy atom. The van der Waals surface area contributed by atoms with E-state index in [1.165, 1.54) is 31.4 Å². The van der Waals surface area contributed by atoms with Gasteiger partial charge in [-0.05, 0) is 36.8 Å². The van der Waals surface area contributed by atoms with Gasteiger partial charge in [0.25, 0.3) is 0 Å². The van der Waals surface area contributed by atoms with Crippen molar-refractivity contribution in [2.75, 3.05) is 0 Å². The molecule has 0 bridgehead atoms. The fraction of sp³-hybridized carbons (Fsp3) is 0.0476. The number of benzene rings is 2. The summed E-state index contributed by atoms with van der Waals surface area (Å²) in [6, 6.07) is 19.3. The molecule has 1 aliphatic heterocycles. The van der Waals surface area contributed by atoms with Gasteiger partial charge in [0.2, 0.25) is 0 Å². The molecule has 4 aromatic rings. The second kappa shape index (κ2) is 5.83. The molecule has 0 spiro atoms. The highest BCUT2D eigenvalue weighted by molar-refractivity contribution is 7.99. The lowest BCUT2D eigenvalue weighted by Crippen LogP contribution is -1.84. The molecule has 25 heavy (non-hydrogen) atoms. The zero-order valence-electron chi connectivity index (χ0n) is 13.6. The predicted molar refractivity (Wildman–Crippen MR) is 105 cm³/mol. The van der Waals surface area contributed by atoms with E-state index in [9.17, 15) is 0 Å². The van der Waals surface area contributed by atoms with Gasteiger partial charge in [-0.3, -0.25) is 4.98 Å². The van der Waals surface area contributed by atoms with Gasteiger partial charge in [0.1, 0.15) is 5.01 Å². The number of pyridine rings is 1. The minimum atomic E-state index is 1.04. The summed E-state index contributed by atoms with van der Waals surface area (Å²) < 4.78 is 0. The first-order chi connectivity index (χ1) is 12.3. The summed E-state index contributed by atoms with van der Waals surface area (Å²) in [5.41, 5.74) is 5.97. The molecular formula is C21H14N2S2. The molecule has 0 atom stereocenters. The Balaban J connectivity index is 1.82. The van der Waals surface area contributed by atoms with Crippen LogP contribution in [0.1, 0.15) is 5.56 Å². The molecule has 0 unspecified atom stereocenters. The number of fused-ring (bicyclic) bond motifs is 5. The standard InChI is InChI=1S/C21H14N2S2/c1-13-6-7-15-18(12-13)24-17-5-3-2-4-16(17)20-19(15)23-21(25-20)14-8-10-22-11-9-14/h2-12H,1H3. The molecule has 0 amide bonds. The van der Waals surface area contributed by atoms with Crippen LogP contribution >= 0.6 is 23.1 Å². The van der Waals surface area contributed by atoms with E-state index in [2.05, 4.69) is 54.4 Å². The first-order valence-electron chi connectivity index (χ1n) is 8.09. The van der Waals surface area contributed by atoms with Crippen LogP contribution in [-0.4, -0.2) is 9.97 Å². The van der Waals surface area contributed by atoms with Crippen LogP contribution in [-0.2, 0) is 0 Å². The van der Waals surface area contributed by atoms with Crippen LogP contribution < -0.4 is 0 Å². The van der Waals surface area contributed by atoms with Gasteiger partial charge >= 0.3 is 0 Å². The van der Waals surface area contributed by atoms with E-state index in [4.69, 9.17) is 4.98 Å². The molecule has 4 heteroatoms. The van der Waals surface area contributed by atoms with Crippen molar-refractivity contribution in [3.8, 4) is 32.3 Å². The fourth-order valence-corrected chi connectivity index (χ4v) is 5.45. The first kappa shape index (κ1) is 14.9. The van der Waals surface area contributed by atoms with Crippen LogP contribution in [0.25, 0.3) is 32.3 Å². The molecule has 2 nitrogen and oxygen atoms in total. The van der Waals surface area contributed by atoms with Gasteiger partial charge in [0, 0.05) is 38.9 Å². The van der Waals surface area contributed by atoms with Crippen molar-refractivity contribution in [2.45, 2.75) is 16.7 Å². The third-order valence-electron chi connectivity index (χ3n) is 4.30. The summed E-state index contributed by atoms with van der Waals surface area (Å²) in [4.78, 5) is 13.0. The third-order valence-corrected chi connectivity index (χ3v) is 6.57. The van der Waals surface area contributed by atoms with Crippen LogP contribution in [0.5, 0.6) is 0 Å². The summed E-state index contributed by atoms with van der Waals surface area (Å²) >= 11 is 3.60. The van der Waals surface area contributed by atoms with E-state index in [1.807, 2.05) is 36.3 Å². The van der Waals surface area contributed by atoms with Crippen LogP contribution in [0.3, 0.4) is 0 Å². The lowest BCUT2D eigenvalue weighted by Gasteiger charge is -2.07. The molecule has 3 heterocycles. The van der Waals surface area contributed by atoms with Crippen LogP contribution in [0, 0.1) is 6.92 Å². The van der Waals surface area contributed by atoms with Gasteiger partial charge in [-0.1, -0.05) is 42.1 Å². The van der Waals surface area contributed by atoms with E-state index in [-0.39, 0.29) is 0 Å². The average molecular weight is 358 g/mol. The molecule has 1 aliphatic rings. The smallest absolute Gasteiger partial charge is 0.124 e. The van der Waals surface area contributed by atoms with Crippen molar-refractivity contribution in [3.63, 3.8) is 0 Å². The minimum absolute atomic E-state index is 1.04. The van der Waals surface area contributed by atoms with Gasteiger partial charge < -0.3 is 0 Å². The Bertz CT molecular complexity index is 1080. The Morgan fingerprint density at radius 3 is 2.56 bits per heavy atom. The van der Waals surface area contributed by atoms with E-state index in [0.29, 0.717) is 0 Å². The third kappa shape index (κ3) is 2.49. The Morgan fingerprint density at radius 1 is 0.840 bits per heavy atom. The monoisotopic (exact) mass is 358 g/mol. The largest absolute Gasteiger partial charge is 0.265 e. The summed E-state index contributed by atoms with van der Waals surface area (Å²) in [6.07, 6.45) is 3.64. The number of rotatable bonds is 1. The number of aromatic nitrogens is 2. The maximum atomic E-state index is 5.03. The van der Waals surface area contributed by atoms with Gasteiger partial charge in [0.15, 0.2) is 0 Å². The normalized spacial score (nSPS) is 12.0. The number of nitrogens with zero attached hydrogens (tertiary/aromatic N) is 2. The van der Waals surface area contributed by atoms with Crippen LogP contribution in [0.2, 0.25) is 0 Å². The summed E-state index contributed by atoms with van der Waals surface area (Å²) in [6.45, 7) is 2.14. The van der Waals surface area contributed by atoms with Crippen molar-refractivity contribution in [1.29, 1.82) is 0 Å². The number of thiazole rings is 1. The quantitative estimate of drug-likeness (QED) is 0.351. The van der Waals surface area contributed by atoms with Gasteiger partial charge in [0.05, 0.1) is 10.6 Å². The van der Waals surface area contributed by atoms with Gasteiger partial charge in [-0.25, -0.2) is 4.98 Å². The van der Waals surface area contributed by atoms with Crippen molar-refractivity contribution in [2.24, 2.45) is 0 Å². The topological polar surface area (TPSA) is 25.8 Å². The average Bonchev–Trinajstić information content (AvgIpc) is 3.03. The van der Waals surface area contributed by atoms with Crippen molar-refractivity contribution >= 4 is 23.1 Å². The Labute approximate surface area is 154 Å². The Hall–Kier alpha value is -2.43. The zero-order valence-corrected chi connectivity index (χ0v) is 15.2. The Kier molecular flexibility index (Phi) is 3.47. The number of hydrogen-bond acceptors (Lipinski definition) is 4. The summed E-state index contributed by atoms with van der Waals surface area (Å²) in [7, 11) is 0. The highest BCUT2D eigenvalue weighted by Gasteiger charge is 2.24. The minimum Gasteiger partial charge on any atom is -0.265 e. The van der Waals surface area contributed by atoms with Gasteiger partial charge in [-0.2, -0.15) is 0 Å². The highest BCUT2D eigenvalue weighted by Crippen LogP contribution is 2.50. The molecular weight excluding hydrogens is 344 g/mol. The zero-order chi connectivity index (χ0) is 16.8. The lowest BCUT2D eigenvalue weighted by atomic mass is 10.1. The molecule has 120 valence electrons. The number of aryl methyl sites for hydroxylation is 1. The maximum Gasteiger partial charge on any atom is 0.124 e. The maximum absolute atomic E-state index is 5.03. The van der Waals surface area contributed by atoms with E-state index in [0.717, 1.165) is 16.3 Å². The molecule has 2 aromatic carbocycles. The second-order valence-electron chi connectivity index (χ2n) is 6.03. The van der Waals surface area contributed by atoms with Crippen molar-refractivity contribution < 1.29 is 0 Å². The molecule has 2 aromatic heterocycles. The first-order valence-corrected chi connectivity index (χ1v) is 9.72. The van der Waals surface area contributed by atoms with Crippen LogP contribution in [0.15, 0.2) is 76.8 Å². The van der Waals surface area contributed by atoms with Crippen molar-refractivity contribution in [3.05, 3.63) is 72.6 Å². The molecule has 0 radical (unpaired) electrons. The number of hydrogen-bond donors (Lipinski definition) is 0. The second-order valence-corrected chi connectivity index (χ2v) is 8.11. The van der Waals surface area contributed by atoms with Crippen molar-refractivity contribution in [1.82, 2.24) is 9.97 Å². The van der Waals surface area contributed by atoms with Crippen LogP contribution in [0.4, 0.5) is 0 Å². The molecule has 0 saturated carbocycles. The summed E-state index contributed by atoms with van der Waals surface area (Å²) in [5, 5.41) is 1.04. The van der Waals surface area contributed by atoms with E-state index in [1.54, 1.807) is 11.3 Å². The fourth-order valence-electron chi connectivity index (χ4n) is 3.07. The van der Waals surface area contributed by atoms with E-state index >= 15 is 0 Å². The molecule has 5 rings (SSSR count). The molecule has 0 saturated heterocycles. The van der Waals surface area contributed by atoms with Gasteiger partial charge in [-0.15, -0.1) is 11.3 Å². The van der Waals surface area contributed by atoms with E-state index < -0.39 is 0 Å².